The number of anilines is 1. The molecule has 2 N–H and O–H groups in total. The van der Waals surface area contributed by atoms with Crippen molar-refractivity contribution in [3.05, 3.63) is 29.8 Å². The lowest BCUT2D eigenvalue weighted by Gasteiger charge is -2.17. The third-order valence-electron chi connectivity index (χ3n) is 2.91. The van der Waals surface area contributed by atoms with E-state index < -0.39 is 11.8 Å². The smallest absolute Gasteiger partial charge is 0.307 e. The molecule has 2 rings (SSSR count). The predicted octanol–water partition coefficient (Wildman–Crippen LogP) is 1.88. The van der Waals surface area contributed by atoms with Crippen molar-refractivity contribution in [1.29, 1.82) is 0 Å². The van der Waals surface area contributed by atoms with Gasteiger partial charge in [0, 0.05) is 12.2 Å². The van der Waals surface area contributed by atoms with Crippen molar-refractivity contribution in [3.8, 4) is 0 Å². The third kappa shape index (κ3) is 4.22. The summed E-state index contributed by atoms with van der Waals surface area (Å²) in [5, 5.41) is 11.9. The van der Waals surface area contributed by atoms with Gasteiger partial charge in [0.1, 0.15) is 6.10 Å². The first kappa shape index (κ1) is 13.8. The van der Waals surface area contributed by atoms with Gasteiger partial charge in [-0.05, 0) is 31.5 Å². The van der Waals surface area contributed by atoms with Crippen molar-refractivity contribution in [2.75, 3.05) is 18.5 Å². The summed E-state index contributed by atoms with van der Waals surface area (Å²) in [4.78, 5) is 10.6. The summed E-state index contributed by atoms with van der Waals surface area (Å²) in [6, 6.07) is 7.37. The Kier molecular flexibility index (Phi) is 4.07. The topological polar surface area (TPSA) is 67.8 Å². The Morgan fingerprint density at radius 2 is 2.11 bits per heavy atom. The van der Waals surface area contributed by atoms with Gasteiger partial charge in [0.15, 0.2) is 5.79 Å². The van der Waals surface area contributed by atoms with Crippen LogP contribution in [0, 0.1) is 0 Å². The molecule has 19 heavy (non-hydrogen) atoms. The number of benzene rings is 1. The van der Waals surface area contributed by atoms with Gasteiger partial charge in [-0.25, -0.2) is 0 Å². The molecule has 1 aliphatic rings. The molecule has 1 unspecified atom stereocenters. The third-order valence-corrected chi connectivity index (χ3v) is 2.91. The van der Waals surface area contributed by atoms with Crippen molar-refractivity contribution in [2.24, 2.45) is 0 Å². The second kappa shape index (κ2) is 5.59. The van der Waals surface area contributed by atoms with Crippen LogP contribution in [0.5, 0.6) is 0 Å². The predicted molar refractivity (Wildman–Crippen MR) is 71.2 cm³/mol. The van der Waals surface area contributed by atoms with Crippen LogP contribution in [0.15, 0.2) is 24.3 Å². The van der Waals surface area contributed by atoms with Gasteiger partial charge in [0.2, 0.25) is 0 Å². The van der Waals surface area contributed by atoms with Crippen LogP contribution in [0.4, 0.5) is 5.69 Å². The number of ether oxygens (including phenoxy) is 2. The van der Waals surface area contributed by atoms with Gasteiger partial charge in [-0.3, -0.25) is 4.79 Å². The second-order valence-electron chi connectivity index (χ2n) is 5.10. The molecule has 0 aliphatic carbocycles. The molecule has 5 heteroatoms. The molecule has 1 aromatic carbocycles. The Bertz CT molecular complexity index is 441. The van der Waals surface area contributed by atoms with Gasteiger partial charge in [0.05, 0.1) is 13.0 Å². The fourth-order valence-electron chi connectivity index (χ4n) is 2.01. The molecule has 0 aromatic heterocycles. The molecule has 1 atom stereocenters. The molecular formula is C14H19NO4. The van der Waals surface area contributed by atoms with E-state index in [2.05, 4.69) is 5.32 Å². The summed E-state index contributed by atoms with van der Waals surface area (Å²) in [6.45, 7) is 5.04. The zero-order valence-corrected chi connectivity index (χ0v) is 11.2. The van der Waals surface area contributed by atoms with Gasteiger partial charge >= 0.3 is 5.97 Å². The van der Waals surface area contributed by atoms with E-state index >= 15 is 0 Å². The van der Waals surface area contributed by atoms with E-state index in [1.54, 1.807) is 0 Å². The Balaban J connectivity index is 1.82. The molecule has 1 fully saturated rings. The Morgan fingerprint density at radius 1 is 1.42 bits per heavy atom. The van der Waals surface area contributed by atoms with Crippen LogP contribution < -0.4 is 5.32 Å². The number of carboxylic acid groups (broad SMARTS) is 1. The Hall–Kier alpha value is -1.59. The van der Waals surface area contributed by atoms with E-state index in [9.17, 15) is 4.79 Å². The molecule has 0 radical (unpaired) electrons. The van der Waals surface area contributed by atoms with Crippen LogP contribution in [0.25, 0.3) is 0 Å². The number of rotatable bonds is 5. The standard InChI is InChI=1S/C14H19NO4/c1-14(2)18-9-12(19-14)8-15-11-5-3-10(4-6-11)7-13(16)17/h3-6,12,15H,7-9H2,1-2H3,(H,16,17). The van der Waals surface area contributed by atoms with Crippen molar-refractivity contribution >= 4 is 11.7 Å². The van der Waals surface area contributed by atoms with E-state index in [1.807, 2.05) is 38.1 Å². The number of hydrogen-bond donors (Lipinski definition) is 2. The summed E-state index contributed by atoms with van der Waals surface area (Å²) in [6.07, 6.45) is 0.0855. The Labute approximate surface area is 112 Å². The van der Waals surface area contributed by atoms with Crippen LogP contribution in [0.1, 0.15) is 19.4 Å². The molecule has 1 aromatic rings. The van der Waals surface area contributed by atoms with E-state index in [0.717, 1.165) is 11.3 Å². The van der Waals surface area contributed by atoms with Gasteiger partial charge < -0.3 is 19.9 Å². The van der Waals surface area contributed by atoms with E-state index in [-0.39, 0.29) is 12.5 Å². The molecule has 0 bridgehead atoms. The Morgan fingerprint density at radius 3 is 2.63 bits per heavy atom. The molecule has 1 saturated heterocycles. The fraction of sp³-hybridized carbons (Fsp3) is 0.500. The first-order valence-corrected chi connectivity index (χ1v) is 6.31. The minimum Gasteiger partial charge on any atom is -0.481 e. The van der Waals surface area contributed by atoms with Gasteiger partial charge in [-0.2, -0.15) is 0 Å². The molecular weight excluding hydrogens is 246 g/mol. The molecule has 0 spiro atoms. The molecule has 5 nitrogen and oxygen atoms in total. The van der Waals surface area contributed by atoms with Crippen LogP contribution >= 0.6 is 0 Å². The summed E-state index contributed by atoms with van der Waals surface area (Å²) < 4.78 is 11.2. The van der Waals surface area contributed by atoms with Crippen LogP contribution in [0.2, 0.25) is 0 Å². The van der Waals surface area contributed by atoms with Crippen LogP contribution in [0.3, 0.4) is 0 Å². The molecule has 104 valence electrons. The maximum Gasteiger partial charge on any atom is 0.307 e. The summed E-state index contributed by atoms with van der Waals surface area (Å²) in [5.74, 6) is -1.32. The van der Waals surface area contributed by atoms with Gasteiger partial charge in [0.25, 0.3) is 0 Å². The monoisotopic (exact) mass is 265 g/mol. The highest BCUT2D eigenvalue weighted by Gasteiger charge is 2.32. The minimum atomic E-state index is -0.820. The number of nitrogens with one attached hydrogen (secondary N) is 1. The number of carbonyl (C=O) groups is 1. The molecule has 1 aliphatic heterocycles. The van der Waals surface area contributed by atoms with E-state index in [0.29, 0.717) is 13.2 Å². The minimum absolute atomic E-state index is 0.0358. The van der Waals surface area contributed by atoms with Gasteiger partial charge in [-0.1, -0.05) is 12.1 Å². The van der Waals surface area contributed by atoms with E-state index in [1.165, 1.54) is 0 Å². The first-order valence-electron chi connectivity index (χ1n) is 6.31. The number of aliphatic carboxylic acids is 1. The van der Waals surface area contributed by atoms with Crippen LogP contribution in [-0.2, 0) is 20.7 Å². The maximum atomic E-state index is 10.6. The molecule has 0 saturated carbocycles. The average Bonchev–Trinajstić information content (AvgIpc) is 2.67. The zero-order chi connectivity index (χ0) is 13.9. The SMILES string of the molecule is CC1(C)OCC(CNc2ccc(CC(=O)O)cc2)O1. The average molecular weight is 265 g/mol. The van der Waals surface area contributed by atoms with E-state index in [4.69, 9.17) is 14.6 Å². The molecule has 1 heterocycles. The fourth-order valence-corrected chi connectivity index (χ4v) is 2.01. The summed E-state index contributed by atoms with van der Waals surface area (Å²) in [5.41, 5.74) is 1.74. The summed E-state index contributed by atoms with van der Waals surface area (Å²) in [7, 11) is 0. The zero-order valence-electron chi connectivity index (χ0n) is 11.2. The first-order chi connectivity index (χ1) is 8.94. The largest absolute Gasteiger partial charge is 0.481 e. The number of carboxylic acids is 1. The summed E-state index contributed by atoms with van der Waals surface area (Å²) >= 11 is 0. The van der Waals surface area contributed by atoms with Crippen molar-refractivity contribution in [3.63, 3.8) is 0 Å². The normalized spacial score (nSPS) is 21.3. The van der Waals surface area contributed by atoms with Gasteiger partial charge in [-0.15, -0.1) is 0 Å². The van der Waals surface area contributed by atoms with Crippen molar-refractivity contribution in [2.45, 2.75) is 32.2 Å². The highest BCUT2D eigenvalue weighted by molar-refractivity contribution is 5.70. The lowest BCUT2D eigenvalue weighted by atomic mass is 10.1. The van der Waals surface area contributed by atoms with Crippen LogP contribution in [-0.4, -0.2) is 36.1 Å². The number of hydrogen-bond acceptors (Lipinski definition) is 4. The highest BCUT2D eigenvalue weighted by Crippen LogP contribution is 2.22. The molecule has 0 amide bonds. The maximum absolute atomic E-state index is 10.6. The lowest BCUT2D eigenvalue weighted by Crippen LogP contribution is -2.25. The lowest BCUT2D eigenvalue weighted by molar-refractivity contribution is -0.137. The second-order valence-corrected chi connectivity index (χ2v) is 5.10. The highest BCUT2D eigenvalue weighted by atomic mass is 16.7. The quantitative estimate of drug-likeness (QED) is 0.850. The van der Waals surface area contributed by atoms with Crippen molar-refractivity contribution in [1.82, 2.24) is 0 Å². The van der Waals surface area contributed by atoms with Crippen molar-refractivity contribution < 1.29 is 19.4 Å².